The van der Waals surface area contributed by atoms with Gasteiger partial charge in [-0.15, -0.1) is 0 Å². The minimum atomic E-state index is -0.100. The summed E-state index contributed by atoms with van der Waals surface area (Å²) in [6.45, 7) is 4.70. The zero-order chi connectivity index (χ0) is 39.2. The fraction of sp³-hybridized carbons (Fsp3) is 0.0526. The molecule has 2 nitrogen and oxygen atoms in total. The highest BCUT2D eigenvalue weighted by Crippen LogP contribution is 2.51. The number of hydrogen-bond donors (Lipinski definition) is 0. The van der Waals surface area contributed by atoms with Gasteiger partial charge in [-0.2, -0.15) is 0 Å². The maximum absolute atomic E-state index is 6.38. The fourth-order valence-corrected chi connectivity index (χ4v) is 9.95. The second kappa shape index (κ2) is 12.8. The number of fused-ring (bicyclic) bond motifs is 13. The lowest BCUT2D eigenvalue weighted by atomic mass is 9.82. The van der Waals surface area contributed by atoms with Gasteiger partial charge in [-0.25, -0.2) is 0 Å². The van der Waals surface area contributed by atoms with Crippen LogP contribution in [0.4, 0.5) is 17.1 Å². The van der Waals surface area contributed by atoms with Crippen molar-refractivity contribution in [1.82, 2.24) is 0 Å². The first-order chi connectivity index (χ1) is 29.0. The Balaban J connectivity index is 0.995. The van der Waals surface area contributed by atoms with Gasteiger partial charge in [0, 0.05) is 38.6 Å². The summed E-state index contributed by atoms with van der Waals surface area (Å²) in [6, 6.07) is 73.1. The van der Waals surface area contributed by atoms with Gasteiger partial charge in [-0.3, -0.25) is 0 Å². The Labute approximate surface area is 343 Å². The van der Waals surface area contributed by atoms with Gasteiger partial charge in [-0.05, 0) is 132 Å². The van der Waals surface area contributed by atoms with E-state index in [1.54, 1.807) is 0 Å². The number of nitrogens with zero attached hydrogens (tertiary/aromatic N) is 1. The van der Waals surface area contributed by atoms with E-state index in [0.29, 0.717) is 0 Å². The molecule has 0 unspecified atom stereocenters. The standard InChI is InChI=1S/C57H39NO/c1-57(2)51-18-10-8-15-45(51)46-31-29-42(35-52(46)57)58(40-25-20-37(21-26-40)36-12-4-3-5-13-36)41-27-22-38(23-28-41)39-24-30-44-43-14-6-7-16-47(43)55-48(50(44)34-39)32-33-54-56(55)49-17-9-11-19-53(49)59-54/h3-35H,1-2H3. The van der Waals surface area contributed by atoms with Crippen LogP contribution in [0.1, 0.15) is 25.0 Å². The van der Waals surface area contributed by atoms with E-state index in [9.17, 15) is 0 Å². The van der Waals surface area contributed by atoms with Crippen LogP contribution in [0.5, 0.6) is 0 Å². The molecular weight excluding hydrogens is 715 g/mol. The number of furan rings is 1. The SMILES string of the molecule is CC1(C)c2ccccc2-c2ccc(N(c3ccc(-c4ccccc4)cc3)c3ccc(-c4ccc5c6ccccc6c6c(ccc7oc8ccccc8c76)c5c4)cc3)cc21. The highest BCUT2D eigenvalue weighted by molar-refractivity contribution is 6.34. The predicted molar refractivity (Wildman–Crippen MR) is 249 cm³/mol. The highest BCUT2D eigenvalue weighted by atomic mass is 16.3. The van der Waals surface area contributed by atoms with Gasteiger partial charge in [-0.1, -0.05) is 153 Å². The Morgan fingerprint density at radius 1 is 0.339 bits per heavy atom. The molecule has 0 radical (unpaired) electrons. The lowest BCUT2D eigenvalue weighted by Gasteiger charge is -2.28. The molecule has 0 fully saturated rings. The summed E-state index contributed by atoms with van der Waals surface area (Å²) >= 11 is 0. The molecule has 0 bridgehead atoms. The monoisotopic (exact) mass is 753 g/mol. The number of rotatable bonds is 5. The molecule has 0 atom stereocenters. The third-order valence-corrected chi connectivity index (χ3v) is 12.9. The van der Waals surface area contributed by atoms with Gasteiger partial charge in [0.1, 0.15) is 11.2 Å². The van der Waals surface area contributed by atoms with E-state index >= 15 is 0 Å². The molecule has 0 aliphatic heterocycles. The van der Waals surface area contributed by atoms with Crippen molar-refractivity contribution in [3.05, 3.63) is 211 Å². The first kappa shape index (κ1) is 33.7. The Morgan fingerprint density at radius 2 is 0.881 bits per heavy atom. The molecule has 0 spiro atoms. The third-order valence-electron chi connectivity index (χ3n) is 12.9. The van der Waals surface area contributed by atoms with Crippen molar-refractivity contribution in [2.45, 2.75) is 19.3 Å². The molecule has 278 valence electrons. The summed E-state index contributed by atoms with van der Waals surface area (Å²) in [7, 11) is 0. The quantitative estimate of drug-likeness (QED) is 0.163. The smallest absolute Gasteiger partial charge is 0.136 e. The Kier molecular flexibility index (Phi) is 7.31. The van der Waals surface area contributed by atoms with Crippen LogP contribution in [0.25, 0.3) is 87.6 Å². The minimum Gasteiger partial charge on any atom is -0.456 e. The van der Waals surface area contributed by atoms with E-state index in [2.05, 4.69) is 213 Å². The van der Waals surface area contributed by atoms with Crippen molar-refractivity contribution in [1.29, 1.82) is 0 Å². The summed E-state index contributed by atoms with van der Waals surface area (Å²) in [5.74, 6) is 0. The maximum atomic E-state index is 6.38. The van der Waals surface area contributed by atoms with Crippen molar-refractivity contribution in [2.75, 3.05) is 4.90 Å². The molecule has 1 heterocycles. The number of anilines is 3. The van der Waals surface area contributed by atoms with Gasteiger partial charge >= 0.3 is 0 Å². The van der Waals surface area contributed by atoms with Crippen LogP contribution in [0.15, 0.2) is 205 Å². The average molecular weight is 754 g/mol. The summed E-state index contributed by atoms with van der Waals surface area (Å²) in [5.41, 5.74) is 15.3. The Bertz CT molecular complexity index is 3450. The summed E-state index contributed by atoms with van der Waals surface area (Å²) in [6.07, 6.45) is 0. The summed E-state index contributed by atoms with van der Waals surface area (Å²) < 4.78 is 6.38. The van der Waals surface area contributed by atoms with Crippen molar-refractivity contribution < 1.29 is 4.42 Å². The molecule has 1 aliphatic rings. The molecule has 1 aliphatic carbocycles. The van der Waals surface area contributed by atoms with Gasteiger partial charge in [0.2, 0.25) is 0 Å². The van der Waals surface area contributed by atoms with Gasteiger partial charge in [0.15, 0.2) is 0 Å². The largest absolute Gasteiger partial charge is 0.456 e. The lowest BCUT2D eigenvalue weighted by molar-refractivity contribution is 0.660. The fourth-order valence-electron chi connectivity index (χ4n) is 9.95. The van der Waals surface area contributed by atoms with E-state index in [0.717, 1.165) is 33.6 Å². The van der Waals surface area contributed by atoms with Crippen LogP contribution in [-0.2, 0) is 5.41 Å². The lowest BCUT2D eigenvalue weighted by Crippen LogP contribution is -2.16. The molecule has 0 saturated carbocycles. The zero-order valence-electron chi connectivity index (χ0n) is 32.9. The first-order valence-electron chi connectivity index (χ1n) is 20.5. The Hall–Kier alpha value is -7.42. The molecule has 0 N–H and O–H groups in total. The van der Waals surface area contributed by atoms with E-state index in [4.69, 9.17) is 4.42 Å². The van der Waals surface area contributed by atoms with E-state index in [1.165, 1.54) is 82.2 Å². The van der Waals surface area contributed by atoms with Gasteiger partial charge < -0.3 is 9.32 Å². The van der Waals surface area contributed by atoms with Crippen molar-refractivity contribution in [3.63, 3.8) is 0 Å². The highest BCUT2D eigenvalue weighted by Gasteiger charge is 2.35. The molecule has 1 aromatic heterocycles. The summed E-state index contributed by atoms with van der Waals surface area (Å²) in [5, 5.41) is 9.83. The molecular formula is C57H39NO. The summed E-state index contributed by atoms with van der Waals surface area (Å²) in [4.78, 5) is 2.40. The topological polar surface area (TPSA) is 16.4 Å². The van der Waals surface area contributed by atoms with Crippen molar-refractivity contribution in [2.24, 2.45) is 0 Å². The molecule has 59 heavy (non-hydrogen) atoms. The molecule has 10 aromatic carbocycles. The number of para-hydroxylation sites is 1. The van der Waals surface area contributed by atoms with E-state index in [1.807, 2.05) is 6.07 Å². The van der Waals surface area contributed by atoms with Gasteiger partial charge in [0.05, 0.1) is 0 Å². The van der Waals surface area contributed by atoms with Crippen LogP contribution in [0, 0.1) is 0 Å². The average Bonchev–Trinajstić information content (AvgIpc) is 3.79. The molecule has 2 heteroatoms. The first-order valence-corrected chi connectivity index (χ1v) is 20.5. The molecule has 0 saturated heterocycles. The van der Waals surface area contributed by atoms with Gasteiger partial charge in [0.25, 0.3) is 0 Å². The second-order valence-electron chi connectivity index (χ2n) is 16.5. The van der Waals surface area contributed by atoms with E-state index < -0.39 is 0 Å². The third kappa shape index (κ3) is 5.13. The van der Waals surface area contributed by atoms with Crippen LogP contribution >= 0.6 is 0 Å². The second-order valence-corrected chi connectivity index (χ2v) is 16.5. The minimum absolute atomic E-state index is 0.100. The maximum Gasteiger partial charge on any atom is 0.136 e. The molecule has 12 rings (SSSR count). The molecule has 0 amide bonds. The Morgan fingerprint density at radius 3 is 1.66 bits per heavy atom. The van der Waals surface area contributed by atoms with Crippen LogP contribution in [0.2, 0.25) is 0 Å². The molecule has 11 aromatic rings. The number of hydrogen-bond acceptors (Lipinski definition) is 2. The number of benzene rings is 10. The van der Waals surface area contributed by atoms with Crippen molar-refractivity contribution >= 4 is 71.3 Å². The predicted octanol–water partition coefficient (Wildman–Crippen LogP) is 16.2. The van der Waals surface area contributed by atoms with Crippen LogP contribution in [0.3, 0.4) is 0 Å². The van der Waals surface area contributed by atoms with E-state index in [-0.39, 0.29) is 5.41 Å². The van der Waals surface area contributed by atoms with Crippen LogP contribution < -0.4 is 4.90 Å². The normalized spacial score (nSPS) is 13.1. The van der Waals surface area contributed by atoms with Crippen LogP contribution in [-0.4, -0.2) is 0 Å². The van der Waals surface area contributed by atoms with Crippen molar-refractivity contribution in [3.8, 4) is 33.4 Å². The zero-order valence-corrected chi connectivity index (χ0v) is 32.9.